The number of aromatic nitrogens is 1. The molecule has 0 aromatic carbocycles. The highest BCUT2D eigenvalue weighted by atomic mass is 16.3. The van der Waals surface area contributed by atoms with Crippen LogP contribution < -0.4 is 0 Å². The molecule has 0 aliphatic heterocycles. The van der Waals surface area contributed by atoms with Gasteiger partial charge in [0, 0.05) is 18.3 Å². The minimum Gasteiger partial charge on any atom is -0.469 e. The molecule has 0 saturated carbocycles. The molecule has 2 aromatic rings. The zero-order valence-corrected chi connectivity index (χ0v) is 7.89. The van der Waals surface area contributed by atoms with Crippen LogP contribution >= 0.6 is 0 Å². The molecule has 1 radical (unpaired) electrons. The van der Waals surface area contributed by atoms with Crippen LogP contribution in [0.1, 0.15) is 11.5 Å². The van der Waals surface area contributed by atoms with E-state index in [1.807, 2.05) is 36.5 Å². The van der Waals surface area contributed by atoms with Crippen molar-refractivity contribution in [1.82, 2.24) is 4.98 Å². The summed E-state index contributed by atoms with van der Waals surface area (Å²) in [5, 5.41) is 0. The van der Waals surface area contributed by atoms with Crippen molar-refractivity contribution >= 4 is 0 Å². The number of rotatable bonds is 4. The van der Waals surface area contributed by atoms with Gasteiger partial charge in [-0.25, -0.2) is 0 Å². The second-order valence-corrected chi connectivity index (χ2v) is 3.10. The summed E-state index contributed by atoms with van der Waals surface area (Å²) in [5.41, 5.74) is 1.10. The third-order valence-corrected chi connectivity index (χ3v) is 2.01. The standard InChI is InChI=1S/C12H12NO/c1-2-9-13-11(5-1)6-3-7-12-8-4-10-14-12/h1-5,8-10H,6-7H2. The van der Waals surface area contributed by atoms with Crippen LogP contribution in [0.3, 0.4) is 0 Å². The molecular weight excluding hydrogens is 174 g/mol. The van der Waals surface area contributed by atoms with Gasteiger partial charge in [0.15, 0.2) is 0 Å². The molecular formula is C12H12NO. The lowest BCUT2D eigenvalue weighted by Crippen LogP contribution is -1.91. The van der Waals surface area contributed by atoms with Crippen molar-refractivity contribution in [1.29, 1.82) is 0 Å². The van der Waals surface area contributed by atoms with E-state index >= 15 is 0 Å². The van der Waals surface area contributed by atoms with E-state index in [1.54, 1.807) is 6.26 Å². The quantitative estimate of drug-likeness (QED) is 0.733. The number of hydrogen-bond acceptors (Lipinski definition) is 2. The third kappa shape index (κ3) is 2.46. The molecule has 0 N–H and O–H groups in total. The molecule has 0 atom stereocenters. The van der Waals surface area contributed by atoms with Crippen molar-refractivity contribution in [2.24, 2.45) is 0 Å². The maximum atomic E-state index is 5.22. The van der Waals surface area contributed by atoms with Gasteiger partial charge in [-0.05, 0) is 37.1 Å². The van der Waals surface area contributed by atoms with Gasteiger partial charge in [0.05, 0.1) is 6.26 Å². The zero-order chi connectivity index (χ0) is 9.64. The third-order valence-electron chi connectivity index (χ3n) is 2.01. The van der Waals surface area contributed by atoms with Crippen LogP contribution in [0.4, 0.5) is 0 Å². The molecule has 2 aromatic heterocycles. The van der Waals surface area contributed by atoms with E-state index in [2.05, 4.69) is 11.4 Å². The summed E-state index contributed by atoms with van der Waals surface area (Å²) in [6.07, 6.45) is 7.44. The van der Waals surface area contributed by atoms with Gasteiger partial charge in [-0.15, -0.1) is 0 Å². The Morgan fingerprint density at radius 1 is 1.14 bits per heavy atom. The fraction of sp³-hybridized carbons (Fsp3) is 0.167. The maximum absolute atomic E-state index is 5.22. The summed E-state index contributed by atoms with van der Waals surface area (Å²) in [4.78, 5) is 4.24. The first-order valence-electron chi connectivity index (χ1n) is 4.69. The highest BCUT2D eigenvalue weighted by Gasteiger charge is 1.97. The Labute approximate surface area is 83.6 Å². The van der Waals surface area contributed by atoms with Crippen LogP contribution in [-0.4, -0.2) is 4.98 Å². The lowest BCUT2D eigenvalue weighted by atomic mass is 10.1. The van der Waals surface area contributed by atoms with Gasteiger partial charge in [0.25, 0.3) is 0 Å². The van der Waals surface area contributed by atoms with E-state index < -0.39 is 0 Å². The van der Waals surface area contributed by atoms with Crippen molar-refractivity contribution in [3.05, 3.63) is 60.7 Å². The molecule has 71 valence electrons. The van der Waals surface area contributed by atoms with Gasteiger partial charge in [0.1, 0.15) is 5.76 Å². The Bertz CT molecular complexity index is 353. The second kappa shape index (κ2) is 4.61. The first kappa shape index (κ1) is 9.00. The Morgan fingerprint density at radius 3 is 2.86 bits per heavy atom. The Kier molecular flexibility index (Phi) is 2.96. The van der Waals surface area contributed by atoms with Gasteiger partial charge in [-0.1, -0.05) is 6.07 Å². The number of pyridine rings is 1. The molecule has 0 amide bonds. The maximum Gasteiger partial charge on any atom is 0.104 e. The SMILES string of the molecule is [CH](Cc1ccccn1)Cc1ccco1. The average Bonchev–Trinajstić information content (AvgIpc) is 2.72. The van der Waals surface area contributed by atoms with E-state index in [0.29, 0.717) is 0 Å². The van der Waals surface area contributed by atoms with Gasteiger partial charge in [-0.3, -0.25) is 4.98 Å². The Hall–Kier alpha value is -1.57. The van der Waals surface area contributed by atoms with E-state index in [4.69, 9.17) is 4.42 Å². The lowest BCUT2D eigenvalue weighted by Gasteiger charge is -1.97. The fourth-order valence-electron chi connectivity index (χ4n) is 1.31. The van der Waals surface area contributed by atoms with Crippen LogP contribution in [0.5, 0.6) is 0 Å². The highest BCUT2D eigenvalue weighted by molar-refractivity contribution is 5.08. The molecule has 0 aliphatic rings. The van der Waals surface area contributed by atoms with Crippen LogP contribution in [0.25, 0.3) is 0 Å². The zero-order valence-electron chi connectivity index (χ0n) is 7.89. The van der Waals surface area contributed by atoms with Crippen LogP contribution in [0.2, 0.25) is 0 Å². The molecule has 2 rings (SSSR count). The number of furan rings is 1. The van der Waals surface area contributed by atoms with Crippen molar-refractivity contribution in [2.45, 2.75) is 12.8 Å². The molecule has 0 spiro atoms. The van der Waals surface area contributed by atoms with E-state index in [-0.39, 0.29) is 0 Å². The van der Waals surface area contributed by atoms with Crippen molar-refractivity contribution < 1.29 is 4.42 Å². The summed E-state index contributed by atoms with van der Waals surface area (Å²) in [6.45, 7) is 0. The predicted octanol–water partition coefficient (Wildman–Crippen LogP) is 2.66. The predicted molar refractivity (Wildman–Crippen MR) is 54.7 cm³/mol. The minimum atomic E-state index is 0.865. The minimum absolute atomic E-state index is 0.865. The summed E-state index contributed by atoms with van der Waals surface area (Å²) >= 11 is 0. The first-order chi connectivity index (χ1) is 6.95. The Morgan fingerprint density at radius 2 is 2.14 bits per heavy atom. The molecule has 14 heavy (non-hydrogen) atoms. The molecule has 2 heteroatoms. The largest absolute Gasteiger partial charge is 0.469 e. The molecule has 2 heterocycles. The number of nitrogens with zero attached hydrogens (tertiary/aromatic N) is 1. The average molecular weight is 186 g/mol. The van der Waals surface area contributed by atoms with E-state index in [0.717, 1.165) is 24.3 Å². The molecule has 0 unspecified atom stereocenters. The number of hydrogen-bond donors (Lipinski definition) is 0. The van der Waals surface area contributed by atoms with Gasteiger partial charge in [-0.2, -0.15) is 0 Å². The van der Waals surface area contributed by atoms with Gasteiger partial charge >= 0.3 is 0 Å². The molecule has 0 aliphatic carbocycles. The molecule has 0 saturated heterocycles. The first-order valence-corrected chi connectivity index (χ1v) is 4.69. The van der Waals surface area contributed by atoms with Crippen LogP contribution in [0.15, 0.2) is 47.2 Å². The lowest BCUT2D eigenvalue weighted by molar-refractivity contribution is 0.517. The Balaban J connectivity index is 1.79. The fourth-order valence-corrected chi connectivity index (χ4v) is 1.31. The summed E-state index contributed by atoms with van der Waals surface area (Å²) < 4.78 is 5.22. The van der Waals surface area contributed by atoms with Gasteiger partial charge in [0.2, 0.25) is 0 Å². The smallest absolute Gasteiger partial charge is 0.104 e. The van der Waals surface area contributed by atoms with Gasteiger partial charge < -0.3 is 4.42 Å². The van der Waals surface area contributed by atoms with E-state index in [1.165, 1.54) is 0 Å². The summed E-state index contributed by atoms with van der Waals surface area (Å²) in [7, 11) is 0. The van der Waals surface area contributed by atoms with E-state index in [9.17, 15) is 0 Å². The molecule has 0 bridgehead atoms. The van der Waals surface area contributed by atoms with Crippen LogP contribution in [-0.2, 0) is 12.8 Å². The normalized spacial score (nSPS) is 10.3. The van der Waals surface area contributed by atoms with Crippen LogP contribution in [0, 0.1) is 6.42 Å². The van der Waals surface area contributed by atoms with Crippen molar-refractivity contribution in [3.63, 3.8) is 0 Å². The summed E-state index contributed by atoms with van der Waals surface area (Å²) in [5.74, 6) is 1.00. The topological polar surface area (TPSA) is 26.0 Å². The van der Waals surface area contributed by atoms with Crippen molar-refractivity contribution in [3.8, 4) is 0 Å². The summed E-state index contributed by atoms with van der Waals surface area (Å²) in [6, 6.07) is 9.84. The molecule has 2 nitrogen and oxygen atoms in total. The monoisotopic (exact) mass is 186 g/mol. The molecule has 0 fully saturated rings. The van der Waals surface area contributed by atoms with Crippen molar-refractivity contribution in [2.75, 3.05) is 0 Å². The highest BCUT2D eigenvalue weighted by Crippen LogP contribution is 2.05. The second-order valence-electron chi connectivity index (χ2n) is 3.10.